The van der Waals surface area contributed by atoms with E-state index in [-0.39, 0.29) is 6.61 Å². The van der Waals surface area contributed by atoms with Crippen LogP contribution in [0.4, 0.5) is 0 Å². The molecule has 1 rings (SSSR count). The van der Waals surface area contributed by atoms with Crippen molar-refractivity contribution in [3.63, 3.8) is 0 Å². The van der Waals surface area contributed by atoms with Gasteiger partial charge in [0.15, 0.2) is 6.61 Å². The Hall–Kier alpha value is -0.270. The van der Waals surface area contributed by atoms with Crippen LogP contribution < -0.4 is 0 Å². The van der Waals surface area contributed by atoms with Gasteiger partial charge in [-0.05, 0) is 0 Å². The molecule has 0 unspecified atom stereocenters. The van der Waals surface area contributed by atoms with Gasteiger partial charge < -0.3 is 4.84 Å². The highest BCUT2D eigenvalue weighted by Crippen LogP contribution is 2.19. The minimum absolute atomic E-state index is 0.277. The van der Waals surface area contributed by atoms with E-state index >= 15 is 0 Å². The van der Waals surface area contributed by atoms with Crippen LogP contribution in [0.1, 0.15) is 0 Å². The van der Waals surface area contributed by atoms with Crippen molar-refractivity contribution in [1.29, 1.82) is 0 Å². The van der Waals surface area contributed by atoms with Crippen molar-refractivity contribution < 1.29 is 4.84 Å². The fourth-order valence-electron chi connectivity index (χ4n) is 0.633. The zero-order valence-corrected chi connectivity index (χ0v) is 7.71. The van der Waals surface area contributed by atoms with Gasteiger partial charge in [0.1, 0.15) is 0 Å². The van der Waals surface area contributed by atoms with Crippen LogP contribution >= 0.6 is 23.5 Å². The summed E-state index contributed by atoms with van der Waals surface area (Å²) in [5.74, 6) is 4.33. The van der Waals surface area contributed by atoms with Crippen molar-refractivity contribution in [2.45, 2.75) is 0 Å². The summed E-state index contributed by atoms with van der Waals surface area (Å²) < 4.78 is 0. The van der Waals surface area contributed by atoms with E-state index in [9.17, 15) is 0 Å². The van der Waals surface area contributed by atoms with Crippen LogP contribution in [0.25, 0.3) is 0 Å². The van der Waals surface area contributed by atoms with E-state index in [1.54, 1.807) is 0 Å². The van der Waals surface area contributed by atoms with Crippen LogP contribution in [0.2, 0.25) is 0 Å². The molecule has 0 aromatic rings. The molecule has 1 aliphatic heterocycles. The lowest BCUT2D eigenvalue weighted by molar-refractivity contribution is 0.179. The lowest BCUT2D eigenvalue weighted by atomic mass is 10.5. The third kappa shape index (κ3) is 3.59. The maximum atomic E-state index is 4.99. The molecule has 0 aliphatic carbocycles. The molecule has 0 amide bonds. The minimum Gasteiger partial charge on any atom is -0.383 e. The van der Waals surface area contributed by atoms with Gasteiger partial charge in [0.05, 0.1) is 5.71 Å². The second-order valence-corrected chi connectivity index (χ2v) is 4.29. The van der Waals surface area contributed by atoms with Gasteiger partial charge in [0.2, 0.25) is 0 Å². The average molecular weight is 187 g/mol. The smallest absolute Gasteiger partial charge is 0.177 e. The maximum Gasteiger partial charge on any atom is 0.177 e. The summed E-state index contributed by atoms with van der Waals surface area (Å²) in [5, 5.41) is 5.07. The monoisotopic (exact) mass is 187 g/mol. The molecule has 4 heteroatoms. The van der Waals surface area contributed by atoms with Gasteiger partial charge in [0, 0.05) is 16.6 Å². The number of hydrogen-bond acceptors (Lipinski definition) is 4. The van der Waals surface area contributed by atoms with Gasteiger partial charge in [-0.2, -0.15) is 0 Å². The van der Waals surface area contributed by atoms with E-state index in [0.717, 1.165) is 22.3 Å². The number of terminal acetylenes is 1. The van der Waals surface area contributed by atoms with Crippen LogP contribution in [0.5, 0.6) is 0 Å². The molecule has 0 spiro atoms. The molecular formula is C7H9NOS2. The van der Waals surface area contributed by atoms with Crippen molar-refractivity contribution in [3.05, 3.63) is 0 Å². The van der Waals surface area contributed by atoms with Crippen LogP contribution in [-0.2, 0) is 4.84 Å². The first kappa shape index (κ1) is 8.82. The van der Waals surface area contributed by atoms with Gasteiger partial charge in [-0.3, -0.25) is 0 Å². The summed E-state index contributed by atoms with van der Waals surface area (Å²) in [7, 11) is 0. The summed E-state index contributed by atoms with van der Waals surface area (Å²) in [5.41, 5.74) is 1.10. The van der Waals surface area contributed by atoms with E-state index in [2.05, 4.69) is 11.1 Å². The normalized spacial score (nSPS) is 17.2. The van der Waals surface area contributed by atoms with Gasteiger partial charge >= 0.3 is 0 Å². The highest BCUT2D eigenvalue weighted by Gasteiger charge is 2.07. The van der Waals surface area contributed by atoms with Gasteiger partial charge in [-0.15, -0.1) is 29.9 Å². The molecule has 2 nitrogen and oxygen atoms in total. The van der Waals surface area contributed by atoms with Crippen molar-refractivity contribution in [2.24, 2.45) is 5.16 Å². The molecular weight excluding hydrogens is 178 g/mol. The Bertz CT molecular complexity index is 177. The van der Waals surface area contributed by atoms with E-state index in [4.69, 9.17) is 11.3 Å². The first-order chi connectivity index (χ1) is 5.43. The standard InChI is InChI=1S/C7H9NOS2/c1-2-3-9-8-7-4-10-6-11-5-7/h1H,3-6H2. The quantitative estimate of drug-likeness (QED) is 0.371. The van der Waals surface area contributed by atoms with E-state index < -0.39 is 0 Å². The van der Waals surface area contributed by atoms with Gasteiger partial charge in [-0.1, -0.05) is 11.1 Å². The van der Waals surface area contributed by atoms with E-state index in [1.165, 1.54) is 0 Å². The average Bonchev–Trinajstić information content (AvgIpc) is 2.07. The van der Waals surface area contributed by atoms with Crippen molar-refractivity contribution in [2.75, 3.05) is 23.2 Å². The molecule has 0 aromatic carbocycles. The number of oxime groups is 1. The Kier molecular flexibility index (Phi) is 4.32. The molecule has 60 valence electrons. The van der Waals surface area contributed by atoms with Crippen LogP contribution in [-0.4, -0.2) is 28.9 Å². The zero-order valence-electron chi connectivity index (χ0n) is 6.08. The van der Waals surface area contributed by atoms with Crippen molar-refractivity contribution in [1.82, 2.24) is 0 Å². The van der Waals surface area contributed by atoms with Gasteiger partial charge in [0.25, 0.3) is 0 Å². The summed E-state index contributed by atoms with van der Waals surface area (Å²) >= 11 is 3.72. The van der Waals surface area contributed by atoms with Crippen LogP contribution in [0.3, 0.4) is 0 Å². The summed E-state index contributed by atoms with van der Waals surface area (Å²) in [6, 6.07) is 0. The van der Waals surface area contributed by atoms with Crippen LogP contribution in [0, 0.1) is 12.3 Å². The third-order valence-corrected chi connectivity index (χ3v) is 3.45. The zero-order chi connectivity index (χ0) is 7.94. The molecule has 1 heterocycles. The number of thioether (sulfide) groups is 2. The molecule has 1 aliphatic rings. The molecule has 0 N–H and O–H groups in total. The Balaban J connectivity index is 2.22. The maximum absolute atomic E-state index is 4.99. The first-order valence-electron chi connectivity index (χ1n) is 3.20. The Morgan fingerprint density at radius 2 is 2.27 bits per heavy atom. The minimum atomic E-state index is 0.277. The second-order valence-electron chi connectivity index (χ2n) is 1.95. The van der Waals surface area contributed by atoms with Crippen molar-refractivity contribution in [3.8, 4) is 12.3 Å². The first-order valence-corrected chi connectivity index (χ1v) is 5.51. The highest BCUT2D eigenvalue weighted by molar-refractivity contribution is 8.17. The third-order valence-electron chi connectivity index (χ3n) is 1.05. The largest absolute Gasteiger partial charge is 0.383 e. The van der Waals surface area contributed by atoms with E-state index in [0.29, 0.717) is 0 Å². The van der Waals surface area contributed by atoms with Crippen LogP contribution in [0.15, 0.2) is 5.16 Å². The predicted molar refractivity (Wildman–Crippen MR) is 52.0 cm³/mol. The topological polar surface area (TPSA) is 21.6 Å². The Morgan fingerprint density at radius 1 is 1.55 bits per heavy atom. The van der Waals surface area contributed by atoms with Crippen molar-refractivity contribution >= 4 is 29.2 Å². The molecule has 1 fully saturated rings. The van der Waals surface area contributed by atoms with Gasteiger partial charge in [-0.25, -0.2) is 0 Å². The molecule has 11 heavy (non-hydrogen) atoms. The molecule has 0 bridgehead atoms. The Labute approximate surface area is 75.1 Å². The number of nitrogens with zero attached hydrogens (tertiary/aromatic N) is 1. The summed E-state index contributed by atoms with van der Waals surface area (Å²) in [4.78, 5) is 4.85. The van der Waals surface area contributed by atoms with E-state index in [1.807, 2.05) is 23.5 Å². The Morgan fingerprint density at radius 3 is 2.91 bits per heavy atom. The number of hydrogen-bond donors (Lipinski definition) is 0. The molecule has 1 saturated heterocycles. The fourth-order valence-corrected chi connectivity index (χ4v) is 2.68. The highest BCUT2D eigenvalue weighted by atomic mass is 32.2. The fraction of sp³-hybridized carbons (Fsp3) is 0.571. The molecule has 0 radical (unpaired) electrons. The number of rotatable bonds is 2. The second kappa shape index (κ2) is 5.39. The predicted octanol–water partition coefficient (Wildman–Crippen LogP) is 1.43. The molecule has 0 saturated carbocycles. The summed E-state index contributed by atoms with van der Waals surface area (Å²) in [6.45, 7) is 0.277. The SMILES string of the molecule is C#CCON=C1CSCSC1. The lowest BCUT2D eigenvalue weighted by Crippen LogP contribution is -2.11. The molecule has 0 aromatic heterocycles. The molecule has 0 atom stereocenters. The summed E-state index contributed by atoms with van der Waals surface area (Å²) in [6.07, 6.45) is 4.99. The lowest BCUT2D eigenvalue weighted by Gasteiger charge is -2.10.